The Bertz CT molecular complexity index is 422. The Morgan fingerprint density at radius 1 is 1.50 bits per heavy atom. The highest BCUT2D eigenvalue weighted by Gasteiger charge is 2.43. The molecule has 0 heterocycles. The predicted octanol–water partition coefficient (Wildman–Crippen LogP) is 2.11. The number of esters is 1. The molecule has 1 saturated carbocycles. The van der Waals surface area contributed by atoms with Crippen molar-refractivity contribution in [1.82, 2.24) is 5.32 Å². The van der Waals surface area contributed by atoms with Gasteiger partial charge in [-0.15, -0.1) is 0 Å². The van der Waals surface area contributed by atoms with Crippen LogP contribution in [0.4, 0.5) is 4.39 Å². The zero-order valence-corrected chi connectivity index (χ0v) is 10.5. The molecule has 0 radical (unpaired) electrons. The minimum Gasteiger partial charge on any atom is -0.466 e. The monoisotopic (exact) mass is 251 g/mol. The van der Waals surface area contributed by atoms with E-state index >= 15 is 0 Å². The largest absolute Gasteiger partial charge is 0.466 e. The van der Waals surface area contributed by atoms with Crippen molar-refractivity contribution in [2.24, 2.45) is 11.8 Å². The predicted molar refractivity (Wildman–Crippen MR) is 66.3 cm³/mol. The number of hydrogen-bond donors (Lipinski definition) is 1. The van der Waals surface area contributed by atoms with Gasteiger partial charge >= 0.3 is 5.97 Å². The van der Waals surface area contributed by atoms with Gasteiger partial charge in [0, 0.05) is 12.1 Å². The summed E-state index contributed by atoms with van der Waals surface area (Å²) in [5, 5.41) is 3.18. The summed E-state index contributed by atoms with van der Waals surface area (Å²) in [6.45, 7) is 3.48. The number of carbonyl (C=O) groups is 1. The molecule has 4 heteroatoms. The van der Waals surface area contributed by atoms with E-state index in [0.29, 0.717) is 24.6 Å². The van der Waals surface area contributed by atoms with E-state index in [2.05, 4.69) is 5.32 Å². The first-order valence-corrected chi connectivity index (χ1v) is 6.33. The van der Waals surface area contributed by atoms with Crippen LogP contribution in [0.15, 0.2) is 24.3 Å². The normalized spacial score (nSPS) is 21.7. The summed E-state index contributed by atoms with van der Waals surface area (Å²) in [6, 6.07) is 6.71. The summed E-state index contributed by atoms with van der Waals surface area (Å²) in [5.41, 5.74) is 0.658. The highest BCUT2D eigenvalue weighted by atomic mass is 19.1. The van der Waals surface area contributed by atoms with Crippen LogP contribution in [0.5, 0.6) is 0 Å². The minimum absolute atomic E-state index is 0.0399. The molecule has 0 bridgehead atoms. The van der Waals surface area contributed by atoms with E-state index in [1.165, 1.54) is 6.07 Å². The smallest absolute Gasteiger partial charge is 0.309 e. The lowest BCUT2D eigenvalue weighted by molar-refractivity contribution is -0.145. The van der Waals surface area contributed by atoms with Crippen molar-refractivity contribution in [2.45, 2.75) is 19.9 Å². The van der Waals surface area contributed by atoms with E-state index in [9.17, 15) is 9.18 Å². The van der Waals surface area contributed by atoms with Gasteiger partial charge in [-0.3, -0.25) is 4.79 Å². The third-order valence-corrected chi connectivity index (χ3v) is 3.19. The molecule has 1 aromatic carbocycles. The van der Waals surface area contributed by atoms with Gasteiger partial charge in [0.1, 0.15) is 5.82 Å². The average molecular weight is 251 g/mol. The second-order valence-electron chi connectivity index (χ2n) is 4.58. The van der Waals surface area contributed by atoms with E-state index < -0.39 is 0 Å². The van der Waals surface area contributed by atoms with Crippen molar-refractivity contribution < 1.29 is 13.9 Å². The van der Waals surface area contributed by atoms with Gasteiger partial charge in [-0.05, 0) is 31.9 Å². The van der Waals surface area contributed by atoms with Crippen molar-refractivity contribution in [1.29, 1.82) is 0 Å². The molecule has 1 aliphatic carbocycles. The van der Waals surface area contributed by atoms with E-state index in [-0.39, 0.29) is 17.7 Å². The third kappa shape index (κ3) is 3.29. The summed E-state index contributed by atoms with van der Waals surface area (Å²) >= 11 is 0. The zero-order chi connectivity index (χ0) is 13.0. The maximum atomic E-state index is 13.3. The molecular formula is C14H18FNO2. The molecule has 98 valence electrons. The molecule has 18 heavy (non-hydrogen) atoms. The van der Waals surface area contributed by atoms with Crippen molar-refractivity contribution in [3.63, 3.8) is 0 Å². The molecule has 1 aliphatic rings. The van der Waals surface area contributed by atoms with Gasteiger partial charge in [0.2, 0.25) is 0 Å². The van der Waals surface area contributed by atoms with E-state index in [1.54, 1.807) is 12.1 Å². The molecule has 0 saturated heterocycles. The van der Waals surface area contributed by atoms with Gasteiger partial charge in [0.05, 0.1) is 12.5 Å². The van der Waals surface area contributed by atoms with E-state index in [0.717, 1.165) is 13.0 Å². The molecule has 0 aliphatic heterocycles. The molecule has 0 amide bonds. The molecule has 2 atom stereocenters. The SMILES string of the molecule is CCOC(=O)C1CC1CNCc1ccccc1F. The molecule has 1 aromatic rings. The lowest BCUT2D eigenvalue weighted by Crippen LogP contribution is -2.19. The molecule has 3 nitrogen and oxygen atoms in total. The fourth-order valence-corrected chi connectivity index (χ4v) is 2.05. The standard InChI is InChI=1S/C14H18FNO2/c1-2-18-14(17)12-7-11(12)9-16-8-10-5-3-4-6-13(10)15/h3-6,11-12,16H,2,7-9H2,1H3. The van der Waals surface area contributed by atoms with Gasteiger partial charge in [0.15, 0.2) is 0 Å². The van der Waals surface area contributed by atoms with Gasteiger partial charge in [0.25, 0.3) is 0 Å². The van der Waals surface area contributed by atoms with Crippen LogP contribution < -0.4 is 5.32 Å². The highest BCUT2D eigenvalue weighted by Crippen LogP contribution is 2.38. The molecule has 2 rings (SSSR count). The Kier molecular flexibility index (Phi) is 4.31. The Hall–Kier alpha value is -1.42. The Morgan fingerprint density at radius 2 is 2.28 bits per heavy atom. The Balaban J connectivity index is 1.69. The van der Waals surface area contributed by atoms with Crippen LogP contribution in [0.3, 0.4) is 0 Å². The second kappa shape index (κ2) is 5.96. The summed E-state index contributed by atoms with van der Waals surface area (Å²) < 4.78 is 18.3. The zero-order valence-electron chi connectivity index (χ0n) is 10.5. The average Bonchev–Trinajstić information content (AvgIpc) is 3.12. The van der Waals surface area contributed by atoms with Crippen molar-refractivity contribution in [3.05, 3.63) is 35.6 Å². The lowest BCUT2D eigenvalue weighted by Gasteiger charge is -2.05. The lowest BCUT2D eigenvalue weighted by atomic mass is 10.2. The summed E-state index contributed by atoms with van der Waals surface area (Å²) in [4.78, 5) is 11.4. The van der Waals surface area contributed by atoms with Gasteiger partial charge in [-0.1, -0.05) is 18.2 Å². The van der Waals surface area contributed by atoms with Crippen LogP contribution in [0.1, 0.15) is 18.9 Å². The summed E-state index contributed by atoms with van der Waals surface area (Å²) in [6.07, 6.45) is 0.878. The van der Waals surface area contributed by atoms with Crippen LogP contribution >= 0.6 is 0 Å². The number of carbonyl (C=O) groups excluding carboxylic acids is 1. The highest BCUT2D eigenvalue weighted by molar-refractivity contribution is 5.75. The maximum absolute atomic E-state index is 13.3. The van der Waals surface area contributed by atoms with Gasteiger partial charge in [-0.25, -0.2) is 4.39 Å². The number of halogens is 1. The topological polar surface area (TPSA) is 38.3 Å². The number of ether oxygens (including phenoxy) is 1. The second-order valence-corrected chi connectivity index (χ2v) is 4.58. The first-order valence-electron chi connectivity index (χ1n) is 6.33. The van der Waals surface area contributed by atoms with Crippen LogP contribution in [0.25, 0.3) is 0 Å². The van der Waals surface area contributed by atoms with Crippen molar-refractivity contribution in [3.8, 4) is 0 Å². The maximum Gasteiger partial charge on any atom is 0.309 e. The summed E-state index contributed by atoms with van der Waals surface area (Å²) in [5.74, 6) is 0.0897. The molecule has 1 fully saturated rings. The van der Waals surface area contributed by atoms with Crippen LogP contribution in [0, 0.1) is 17.7 Å². The molecule has 0 aromatic heterocycles. The number of rotatable bonds is 6. The number of nitrogens with one attached hydrogen (secondary N) is 1. The first kappa shape index (κ1) is 13.0. The first-order chi connectivity index (χ1) is 8.72. The fraction of sp³-hybridized carbons (Fsp3) is 0.500. The van der Waals surface area contributed by atoms with Crippen LogP contribution in [-0.4, -0.2) is 19.1 Å². The van der Waals surface area contributed by atoms with E-state index in [4.69, 9.17) is 4.74 Å². The van der Waals surface area contributed by atoms with Crippen LogP contribution in [-0.2, 0) is 16.1 Å². The minimum atomic E-state index is -0.192. The third-order valence-electron chi connectivity index (χ3n) is 3.19. The molecule has 2 unspecified atom stereocenters. The Labute approximate surface area is 106 Å². The van der Waals surface area contributed by atoms with Crippen molar-refractivity contribution >= 4 is 5.97 Å². The Morgan fingerprint density at radius 3 is 3.00 bits per heavy atom. The fourth-order valence-electron chi connectivity index (χ4n) is 2.05. The molecule has 1 N–H and O–H groups in total. The van der Waals surface area contributed by atoms with Gasteiger partial charge < -0.3 is 10.1 Å². The van der Waals surface area contributed by atoms with Crippen molar-refractivity contribution in [2.75, 3.05) is 13.2 Å². The number of benzene rings is 1. The molecular weight excluding hydrogens is 233 g/mol. The molecule has 0 spiro atoms. The van der Waals surface area contributed by atoms with Crippen LogP contribution in [0.2, 0.25) is 0 Å². The van der Waals surface area contributed by atoms with Gasteiger partial charge in [-0.2, -0.15) is 0 Å². The quantitative estimate of drug-likeness (QED) is 0.787. The van der Waals surface area contributed by atoms with E-state index in [1.807, 2.05) is 13.0 Å². The number of hydrogen-bond acceptors (Lipinski definition) is 3. The summed E-state index contributed by atoms with van der Waals surface area (Å²) in [7, 11) is 0.